The fourth-order valence-corrected chi connectivity index (χ4v) is 2.15. The normalized spacial score (nSPS) is 10.3. The van der Waals surface area contributed by atoms with E-state index in [0.717, 1.165) is 21.5 Å². The Morgan fingerprint density at radius 3 is 2.94 bits per heavy atom. The highest BCUT2D eigenvalue weighted by Crippen LogP contribution is 2.21. The summed E-state index contributed by atoms with van der Waals surface area (Å²) in [7, 11) is 1.96. The number of thiocarbonyl (C=S) groups is 1. The quantitative estimate of drug-likeness (QED) is 0.848. The number of halogens is 1. The minimum Gasteiger partial charge on any atom is -0.389 e. The molecule has 0 aliphatic rings. The number of imidazole rings is 1. The van der Waals surface area contributed by atoms with Gasteiger partial charge in [0.15, 0.2) is 0 Å². The van der Waals surface area contributed by atoms with Crippen LogP contribution in [0.15, 0.2) is 35.1 Å². The second-order valence-electron chi connectivity index (χ2n) is 3.86. The first-order valence-electron chi connectivity index (χ1n) is 5.37. The zero-order valence-electron chi connectivity index (χ0n) is 9.85. The Morgan fingerprint density at radius 2 is 2.33 bits per heavy atom. The van der Waals surface area contributed by atoms with E-state index in [1.54, 1.807) is 6.20 Å². The van der Waals surface area contributed by atoms with Gasteiger partial charge in [-0.1, -0.05) is 28.1 Å². The van der Waals surface area contributed by atoms with Crippen molar-refractivity contribution in [3.05, 3.63) is 46.5 Å². The van der Waals surface area contributed by atoms with Crippen molar-refractivity contribution in [3.63, 3.8) is 0 Å². The fourth-order valence-electron chi connectivity index (χ4n) is 1.62. The highest BCUT2D eigenvalue weighted by Gasteiger charge is 2.07. The number of aromatic nitrogens is 2. The molecule has 0 spiro atoms. The number of nitrogens with one attached hydrogen (secondary N) is 1. The van der Waals surface area contributed by atoms with Gasteiger partial charge >= 0.3 is 0 Å². The van der Waals surface area contributed by atoms with Gasteiger partial charge in [-0.3, -0.25) is 0 Å². The summed E-state index contributed by atoms with van der Waals surface area (Å²) in [6.07, 6.45) is 3.68. The van der Waals surface area contributed by atoms with Crippen molar-refractivity contribution in [3.8, 4) is 0 Å². The van der Waals surface area contributed by atoms with Gasteiger partial charge in [-0.15, -0.1) is 0 Å². The number of anilines is 1. The number of rotatable bonds is 4. The third kappa shape index (κ3) is 2.88. The van der Waals surface area contributed by atoms with E-state index in [-0.39, 0.29) is 0 Å². The predicted octanol–water partition coefficient (Wildman–Crippen LogP) is 2.43. The molecule has 94 valence electrons. The number of nitrogens with zero attached hydrogens (tertiary/aromatic N) is 2. The molecule has 0 amide bonds. The van der Waals surface area contributed by atoms with Gasteiger partial charge < -0.3 is 15.6 Å². The first-order chi connectivity index (χ1) is 8.58. The zero-order chi connectivity index (χ0) is 13.1. The van der Waals surface area contributed by atoms with E-state index in [0.29, 0.717) is 11.5 Å². The van der Waals surface area contributed by atoms with E-state index < -0.39 is 0 Å². The van der Waals surface area contributed by atoms with Gasteiger partial charge in [-0.25, -0.2) is 4.98 Å². The van der Waals surface area contributed by atoms with Crippen molar-refractivity contribution < 1.29 is 0 Å². The van der Waals surface area contributed by atoms with Crippen molar-refractivity contribution in [1.29, 1.82) is 0 Å². The maximum atomic E-state index is 5.71. The Hall–Kier alpha value is -1.40. The summed E-state index contributed by atoms with van der Waals surface area (Å²) in [5.41, 5.74) is 7.45. The topological polar surface area (TPSA) is 55.9 Å². The van der Waals surface area contributed by atoms with E-state index >= 15 is 0 Å². The Balaban J connectivity index is 2.19. The molecule has 1 aromatic heterocycles. The summed E-state index contributed by atoms with van der Waals surface area (Å²) in [5, 5.41) is 3.29. The molecular formula is C12H13BrN4S. The minimum absolute atomic E-state index is 0.374. The Bertz CT molecular complexity index is 579. The van der Waals surface area contributed by atoms with Crippen LogP contribution in [0.5, 0.6) is 0 Å². The molecule has 0 aliphatic heterocycles. The number of aryl methyl sites for hydroxylation is 1. The molecule has 0 radical (unpaired) electrons. The largest absolute Gasteiger partial charge is 0.389 e. The van der Waals surface area contributed by atoms with Gasteiger partial charge in [0.2, 0.25) is 0 Å². The van der Waals surface area contributed by atoms with Crippen LogP contribution in [0.3, 0.4) is 0 Å². The minimum atomic E-state index is 0.374. The molecule has 2 aromatic rings. The Morgan fingerprint density at radius 1 is 1.56 bits per heavy atom. The first-order valence-corrected chi connectivity index (χ1v) is 6.57. The maximum Gasteiger partial charge on any atom is 0.127 e. The molecule has 0 saturated carbocycles. The fraction of sp³-hybridized carbons (Fsp3) is 0.167. The Labute approximate surface area is 119 Å². The highest BCUT2D eigenvalue weighted by molar-refractivity contribution is 9.10. The molecule has 1 heterocycles. The van der Waals surface area contributed by atoms with Crippen LogP contribution in [0.4, 0.5) is 5.69 Å². The molecule has 0 fully saturated rings. The van der Waals surface area contributed by atoms with Crippen molar-refractivity contribution in [2.45, 2.75) is 6.54 Å². The highest BCUT2D eigenvalue weighted by atomic mass is 79.9. The van der Waals surface area contributed by atoms with Gasteiger partial charge in [-0.2, -0.15) is 0 Å². The van der Waals surface area contributed by atoms with Crippen molar-refractivity contribution >= 4 is 38.8 Å². The van der Waals surface area contributed by atoms with Crippen LogP contribution in [0, 0.1) is 0 Å². The molecule has 0 bridgehead atoms. The van der Waals surface area contributed by atoms with E-state index in [2.05, 4.69) is 26.2 Å². The number of nitrogens with two attached hydrogens (primary N) is 1. The molecule has 6 heteroatoms. The van der Waals surface area contributed by atoms with Crippen LogP contribution in [0.1, 0.15) is 11.4 Å². The molecule has 18 heavy (non-hydrogen) atoms. The summed E-state index contributed by atoms with van der Waals surface area (Å²) in [5.74, 6) is 0.951. The molecule has 4 nitrogen and oxygen atoms in total. The second-order valence-corrected chi connectivity index (χ2v) is 5.22. The molecule has 0 saturated heterocycles. The second kappa shape index (κ2) is 5.49. The summed E-state index contributed by atoms with van der Waals surface area (Å²) in [6, 6.07) is 5.80. The van der Waals surface area contributed by atoms with E-state index in [1.165, 1.54) is 0 Å². The SMILES string of the molecule is Cn1ccnc1CNc1ccc(Br)cc1C(N)=S. The van der Waals surface area contributed by atoms with Crippen LogP contribution in [0.2, 0.25) is 0 Å². The monoisotopic (exact) mass is 324 g/mol. The third-order valence-corrected chi connectivity index (χ3v) is 3.32. The third-order valence-electron chi connectivity index (χ3n) is 2.60. The van der Waals surface area contributed by atoms with E-state index in [9.17, 15) is 0 Å². The average Bonchev–Trinajstić information content (AvgIpc) is 2.73. The lowest BCUT2D eigenvalue weighted by atomic mass is 10.2. The maximum absolute atomic E-state index is 5.71. The zero-order valence-corrected chi connectivity index (χ0v) is 12.3. The van der Waals surface area contributed by atoms with E-state index in [1.807, 2.05) is 36.0 Å². The average molecular weight is 325 g/mol. The predicted molar refractivity (Wildman–Crippen MR) is 80.6 cm³/mol. The standard InChI is InChI=1S/C12H13BrN4S/c1-17-5-4-15-11(17)7-16-10-3-2-8(13)6-9(10)12(14)18/h2-6,16H,7H2,1H3,(H2,14,18). The molecule has 3 N–H and O–H groups in total. The first kappa shape index (κ1) is 13.0. The molecule has 2 rings (SSSR count). The van der Waals surface area contributed by atoms with Crippen molar-refractivity contribution in [2.75, 3.05) is 5.32 Å². The summed E-state index contributed by atoms with van der Waals surface area (Å²) >= 11 is 8.45. The van der Waals surface area contributed by atoms with Gasteiger partial charge in [0.1, 0.15) is 10.8 Å². The summed E-state index contributed by atoms with van der Waals surface area (Å²) in [6.45, 7) is 0.626. The number of benzene rings is 1. The van der Waals surface area contributed by atoms with Gasteiger partial charge in [0.25, 0.3) is 0 Å². The lowest BCUT2D eigenvalue weighted by Gasteiger charge is -2.11. The molecule has 0 atom stereocenters. The van der Waals surface area contributed by atoms with Crippen LogP contribution in [-0.4, -0.2) is 14.5 Å². The molecule has 1 aromatic carbocycles. The van der Waals surface area contributed by atoms with Crippen molar-refractivity contribution in [2.24, 2.45) is 12.8 Å². The van der Waals surface area contributed by atoms with Gasteiger partial charge in [0, 0.05) is 35.2 Å². The lowest BCUT2D eigenvalue weighted by molar-refractivity contribution is 0.813. The Kier molecular flexibility index (Phi) is 3.98. The molecular weight excluding hydrogens is 312 g/mol. The summed E-state index contributed by atoms with van der Waals surface area (Å²) in [4.78, 5) is 4.62. The van der Waals surface area contributed by atoms with Crippen molar-refractivity contribution in [1.82, 2.24) is 9.55 Å². The van der Waals surface area contributed by atoms with E-state index in [4.69, 9.17) is 18.0 Å². The molecule has 0 unspecified atom stereocenters. The summed E-state index contributed by atoms with van der Waals surface area (Å²) < 4.78 is 2.92. The smallest absolute Gasteiger partial charge is 0.127 e. The molecule has 0 aliphatic carbocycles. The van der Waals surface area contributed by atoms with Crippen LogP contribution < -0.4 is 11.1 Å². The van der Waals surface area contributed by atoms with Crippen LogP contribution in [-0.2, 0) is 13.6 Å². The number of hydrogen-bond donors (Lipinski definition) is 2. The van der Waals surface area contributed by atoms with Gasteiger partial charge in [0.05, 0.1) is 6.54 Å². The van der Waals surface area contributed by atoms with Crippen LogP contribution >= 0.6 is 28.1 Å². The van der Waals surface area contributed by atoms with Crippen LogP contribution in [0.25, 0.3) is 0 Å². The van der Waals surface area contributed by atoms with Gasteiger partial charge in [-0.05, 0) is 18.2 Å². The lowest BCUT2D eigenvalue weighted by Crippen LogP contribution is -2.14. The number of hydrogen-bond acceptors (Lipinski definition) is 3.